The van der Waals surface area contributed by atoms with E-state index in [1.54, 1.807) is 13.4 Å². The van der Waals surface area contributed by atoms with Gasteiger partial charge in [0.15, 0.2) is 0 Å². The van der Waals surface area contributed by atoms with Crippen LogP contribution in [-0.2, 0) is 9.47 Å². The molecule has 4 heteroatoms. The Morgan fingerprint density at radius 3 is 2.38 bits per heavy atom. The van der Waals surface area contributed by atoms with Crippen LogP contribution in [0.2, 0.25) is 0 Å². The van der Waals surface area contributed by atoms with Gasteiger partial charge in [0, 0.05) is 19.5 Å². The predicted octanol–water partition coefficient (Wildman–Crippen LogP) is 2.69. The summed E-state index contributed by atoms with van der Waals surface area (Å²) < 4.78 is 15.9. The van der Waals surface area contributed by atoms with E-state index in [0.29, 0.717) is 5.88 Å². The summed E-state index contributed by atoms with van der Waals surface area (Å²) in [5.74, 6) is 0.841. The lowest BCUT2D eigenvalue weighted by Crippen LogP contribution is -2.21. The van der Waals surface area contributed by atoms with Crippen LogP contribution in [0.3, 0.4) is 0 Å². The molecule has 1 aliphatic heterocycles. The Balaban J connectivity index is 2.00. The van der Waals surface area contributed by atoms with Crippen molar-refractivity contribution in [1.29, 1.82) is 0 Å². The van der Waals surface area contributed by atoms with Crippen LogP contribution < -0.4 is 10.1 Å². The second-order valence-electron chi connectivity index (χ2n) is 3.96. The van der Waals surface area contributed by atoms with Gasteiger partial charge in [-0.25, -0.2) is 0 Å². The third-order valence-corrected chi connectivity index (χ3v) is 2.16. The Bertz CT molecular complexity index is 395. The highest BCUT2D eigenvalue weighted by Crippen LogP contribution is 2.25. The van der Waals surface area contributed by atoms with Crippen molar-refractivity contribution in [1.82, 2.24) is 0 Å². The van der Waals surface area contributed by atoms with E-state index in [-0.39, 0.29) is 0 Å². The normalized spacial score (nSPS) is 17.1. The zero-order valence-electron chi connectivity index (χ0n) is 9.61. The molecule has 0 radical (unpaired) electrons. The molecule has 1 aromatic rings. The van der Waals surface area contributed by atoms with Gasteiger partial charge in [-0.2, -0.15) is 0 Å². The van der Waals surface area contributed by atoms with E-state index in [4.69, 9.17) is 14.2 Å². The number of nitrogens with one attached hydrogen (secondary N) is 1. The minimum absolute atomic E-state index is 0.588. The molecule has 0 fully saturated rings. The van der Waals surface area contributed by atoms with Crippen LogP contribution in [0.1, 0.15) is 13.8 Å². The van der Waals surface area contributed by atoms with Crippen LogP contribution in [0.5, 0.6) is 5.75 Å². The maximum atomic E-state index is 5.51. The molecule has 0 atom stereocenters. The third-order valence-electron chi connectivity index (χ3n) is 2.16. The first-order valence-corrected chi connectivity index (χ1v) is 5.07. The molecule has 4 nitrogen and oxygen atoms in total. The molecule has 0 amide bonds. The quantitative estimate of drug-likeness (QED) is 0.851. The summed E-state index contributed by atoms with van der Waals surface area (Å²) >= 11 is 0. The van der Waals surface area contributed by atoms with Crippen molar-refractivity contribution >= 4 is 5.69 Å². The van der Waals surface area contributed by atoms with Gasteiger partial charge in [0.05, 0.1) is 7.11 Å². The molecule has 0 saturated heterocycles. The molecule has 86 valence electrons. The van der Waals surface area contributed by atoms with Crippen LogP contribution >= 0.6 is 0 Å². The summed E-state index contributed by atoms with van der Waals surface area (Å²) in [7, 11) is 1.64. The van der Waals surface area contributed by atoms with Crippen LogP contribution in [0.25, 0.3) is 0 Å². The van der Waals surface area contributed by atoms with Crippen molar-refractivity contribution in [2.75, 3.05) is 12.4 Å². The predicted molar refractivity (Wildman–Crippen MR) is 60.9 cm³/mol. The highest BCUT2D eigenvalue weighted by atomic mass is 16.7. The molecule has 1 N–H and O–H groups in total. The topological polar surface area (TPSA) is 39.7 Å². The average molecular weight is 221 g/mol. The van der Waals surface area contributed by atoms with Crippen LogP contribution in [-0.4, -0.2) is 12.9 Å². The van der Waals surface area contributed by atoms with Gasteiger partial charge in [0.2, 0.25) is 11.7 Å². The molecule has 0 spiro atoms. The lowest BCUT2D eigenvalue weighted by atomic mass is 10.3. The first kappa shape index (κ1) is 10.7. The van der Waals surface area contributed by atoms with Crippen LogP contribution in [0.15, 0.2) is 36.4 Å². The van der Waals surface area contributed by atoms with Crippen molar-refractivity contribution < 1.29 is 14.2 Å². The molecule has 1 aromatic carbocycles. The third kappa shape index (κ3) is 2.39. The van der Waals surface area contributed by atoms with E-state index in [2.05, 4.69) is 5.32 Å². The summed E-state index contributed by atoms with van der Waals surface area (Å²) in [5.41, 5.74) is 0.924. The highest BCUT2D eigenvalue weighted by Gasteiger charge is 2.27. The van der Waals surface area contributed by atoms with Crippen LogP contribution in [0, 0.1) is 0 Å². The van der Waals surface area contributed by atoms with Crippen molar-refractivity contribution in [3.8, 4) is 5.75 Å². The fourth-order valence-corrected chi connectivity index (χ4v) is 1.38. The number of methoxy groups -OCH3 is 1. The van der Waals surface area contributed by atoms with Crippen molar-refractivity contribution in [2.45, 2.75) is 19.6 Å². The van der Waals surface area contributed by atoms with Crippen LogP contribution in [0.4, 0.5) is 5.69 Å². The number of ether oxygens (including phenoxy) is 3. The van der Waals surface area contributed by atoms with Gasteiger partial charge >= 0.3 is 0 Å². The van der Waals surface area contributed by atoms with E-state index >= 15 is 0 Å². The van der Waals surface area contributed by atoms with E-state index in [0.717, 1.165) is 11.4 Å². The molecule has 0 saturated carbocycles. The zero-order valence-corrected chi connectivity index (χ0v) is 9.61. The summed E-state index contributed by atoms with van der Waals surface area (Å²) in [6.07, 6.45) is 1.57. The molecule has 1 heterocycles. The summed E-state index contributed by atoms with van der Waals surface area (Å²) in [6.45, 7) is 3.71. The second kappa shape index (κ2) is 3.96. The molecule has 0 bridgehead atoms. The minimum Gasteiger partial charge on any atom is -0.497 e. The van der Waals surface area contributed by atoms with E-state index < -0.39 is 5.79 Å². The van der Waals surface area contributed by atoms with Gasteiger partial charge in [0.25, 0.3) is 0 Å². The number of anilines is 1. The van der Waals surface area contributed by atoms with E-state index in [1.165, 1.54) is 0 Å². The summed E-state index contributed by atoms with van der Waals surface area (Å²) in [5, 5.41) is 3.11. The Morgan fingerprint density at radius 1 is 1.19 bits per heavy atom. The molecule has 16 heavy (non-hydrogen) atoms. The maximum Gasteiger partial charge on any atom is 0.247 e. The number of rotatable bonds is 3. The monoisotopic (exact) mass is 221 g/mol. The van der Waals surface area contributed by atoms with Crippen molar-refractivity contribution in [3.63, 3.8) is 0 Å². The maximum absolute atomic E-state index is 5.51. The smallest absolute Gasteiger partial charge is 0.247 e. The second-order valence-corrected chi connectivity index (χ2v) is 3.96. The Labute approximate surface area is 94.8 Å². The van der Waals surface area contributed by atoms with Gasteiger partial charge < -0.3 is 19.5 Å². The average Bonchev–Trinajstić information content (AvgIpc) is 2.59. The molecule has 0 aromatic heterocycles. The lowest BCUT2D eigenvalue weighted by Gasteiger charge is -2.18. The molecule has 1 aliphatic rings. The van der Waals surface area contributed by atoms with Gasteiger partial charge in [-0.05, 0) is 24.3 Å². The first-order valence-electron chi connectivity index (χ1n) is 5.07. The molecule has 0 aliphatic carbocycles. The SMILES string of the molecule is COc1ccc(NC2=COC(C)(C)O2)cc1. The van der Waals surface area contributed by atoms with Gasteiger partial charge in [-0.1, -0.05) is 0 Å². The number of benzene rings is 1. The van der Waals surface area contributed by atoms with E-state index in [1.807, 2.05) is 38.1 Å². The molecular formula is C12H15NO3. The van der Waals surface area contributed by atoms with Crippen molar-refractivity contribution in [3.05, 3.63) is 36.4 Å². The van der Waals surface area contributed by atoms with Gasteiger partial charge in [0.1, 0.15) is 12.0 Å². The molecule has 2 rings (SSSR count). The van der Waals surface area contributed by atoms with E-state index in [9.17, 15) is 0 Å². The Morgan fingerprint density at radius 2 is 1.88 bits per heavy atom. The molecular weight excluding hydrogens is 206 g/mol. The fraction of sp³-hybridized carbons (Fsp3) is 0.333. The fourth-order valence-electron chi connectivity index (χ4n) is 1.38. The Kier molecular flexibility index (Phi) is 2.64. The van der Waals surface area contributed by atoms with Gasteiger partial charge in [-0.3, -0.25) is 0 Å². The first-order chi connectivity index (χ1) is 7.59. The minimum atomic E-state index is -0.588. The Hall–Kier alpha value is -1.84. The lowest BCUT2D eigenvalue weighted by molar-refractivity contribution is -0.115. The number of hydrogen-bond acceptors (Lipinski definition) is 4. The molecule has 0 unspecified atom stereocenters. The summed E-state index contributed by atoms with van der Waals surface area (Å²) in [6, 6.07) is 7.58. The zero-order chi connectivity index (χ0) is 11.6. The van der Waals surface area contributed by atoms with Gasteiger partial charge in [-0.15, -0.1) is 0 Å². The summed E-state index contributed by atoms with van der Waals surface area (Å²) in [4.78, 5) is 0. The highest BCUT2D eigenvalue weighted by molar-refractivity contribution is 5.49. The van der Waals surface area contributed by atoms with Crippen molar-refractivity contribution in [2.24, 2.45) is 0 Å². The standard InChI is InChI=1S/C12H15NO3/c1-12(2)15-8-11(16-12)13-9-4-6-10(14-3)7-5-9/h4-8,13H,1-3H3. The number of hydrogen-bond donors (Lipinski definition) is 1. The largest absolute Gasteiger partial charge is 0.497 e.